The molecule has 2 aliphatic rings. The van der Waals surface area contributed by atoms with Gasteiger partial charge in [0, 0.05) is 23.4 Å². The summed E-state index contributed by atoms with van der Waals surface area (Å²) in [5.74, 6) is 1.85. The molecule has 0 spiro atoms. The Bertz CT molecular complexity index is 534. The second-order valence-electron chi connectivity index (χ2n) is 6.50. The summed E-state index contributed by atoms with van der Waals surface area (Å²) in [6, 6.07) is 4.07. The molecule has 0 aromatic heterocycles. The zero-order valence-electron chi connectivity index (χ0n) is 12.9. The fourth-order valence-corrected chi connectivity index (χ4v) is 4.18. The van der Waals surface area contributed by atoms with Crippen LogP contribution in [0.1, 0.15) is 31.9 Å². The van der Waals surface area contributed by atoms with E-state index in [9.17, 15) is 0 Å². The molecule has 116 valence electrons. The van der Waals surface area contributed by atoms with Crippen LogP contribution in [0.3, 0.4) is 0 Å². The first-order valence-corrected chi connectivity index (χ1v) is 8.20. The van der Waals surface area contributed by atoms with E-state index in [2.05, 4.69) is 20.8 Å². The maximum Gasteiger partial charge on any atom is 0.125 e. The quantitative estimate of drug-likeness (QED) is 0.932. The van der Waals surface area contributed by atoms with Gasteiger partial charge in [-0.15, -0.1) is 0 Å². The van der Waals surface area contributed by atoms with Gasteiger partial charge in [-0.1, -0.05) is 18.5 Å². The first kappa shape index (κ1) is 15.1. The lowest BCUT2D eigenvalue weighted by Gasteiger charge is -2.26. The summed E-state index contributed by atoms with van der Waals surface area (Å²) in [5.41, 5.74) is 8.87. The van der Waals surface area contributed by atoms with E-state index < -0.39 is 0 Å². The molecule has 2 N–H and O–H groups in total. The van der Waals surface area contributed by atoms with Gasteiger partial charge in [-0.2, -0.15) is 0 Å². The third-order valence-corrected chi connectivity index (χ3v) is 5.31. The Balaban J connectivity index is 1.81. The van der Waals surface area contributed by atoms with Crippen LogP contribution in [0.2, 0.25) is 5.02 Å². The molecule has 0 aliphatic carbocycles. The predicted molar refractivity (Wildman–Crippen MR) is 85.0 cm³/mol. The Hall–Kier alpha value is -0.770. The highest BCUT2D eigenvalue weighted by Crippen LogP contribution is 2.38. The Morgan fingerprint density at radius 1 is 1.29 bits per heavy atom. The van der Waals surface area contributed by atoms with Crippen LogP contribution in [0.4, 0.5) is 0 Å². The van der Waals surface area contributed by atoms with Gasteiger partial charge < -0.3 is 15.2 Å². The number of benzene rings is 1. The molecule has 0 bridgehead atoms. The van der Waals surface area contributed by atoms with E-state index in [4.69, 9.17) is 26.8 Å². The monoisotopic (exact) mass is 309 g/mol. The van der Waals surface area contributed by atoms with E-state index in [1.807, 2.05) is 12.1 Å². The third kappa shape index (κ3) is 2.79. The molecule has 5 atom stereocenters. The van der Waals surface area contributed by atoms with Crippen LogP contribution < -0.4 is 10.5 Å². The van der Waals surface area contributed by atoms with Crippen molar-refractivity contribution in [2.24, 2.45) is 17.6 Å². The number of hydrogen-bond acceptors (Lipinski definition) is 3. The van der Waals surface area contributed by atoms with Crippen LogP contribution in [0.25, 0.3) is 0 Å². The van der Waals surface area contributed by atoms with Crippen LogP contribution in [0, 0.1) is 11.8 Å². The van der Waals surface area contributed by atoms with Crippen LogP contribution in [-0.2, 0) is 17.6 Å². The Morgan fingerprint density at radius 3 is 2.71 bits per heavy atom. The van der Waals surface area contributed by atoms with Crippen molar-refractivity contribution < 1.29 is 9.47 Å². The number of fused-ring (bicyclic) bond motifs is 1. The molecule has 3 nitrogen and oxygen atoms in total. The van der Waals surface area contributed by atoms with E-state index in [-0.39, 0.29) is 18.2 Å². The number of rotatable bonds is 3. The Kier molecular flexibility index (Phi) is 4.17. The summed E-state index contributed by atoms with van der Waals surface area (Å²) in [5, 5.41) is 0.776. The summed E-state index contributed by atoms with van der Waals surface area (Å²) in [6.45, 7) is 7.24. The van der Waals surface area contributed by atoms with Gasteiger partial charge in [0.1, 0.15) is 5.75 Å². The van der Waals surface area contributed by atoms with E-state index in [1.54, 1.807) is 0 Å². The fourth-order valence-electron chi connectivity index (χ4n) is 3.92. The zero-order valence-corrected chi connectivity index (χ0v) is 13.7. The molecule has 21 heavy (non-hydrogen) atoms. The van der Waals surface area contributed by atoms with E-state index in [0.717, 1.165) is 35.8 Å². The third-order valence-electron chi connectivity index (χ3n) is 5.09. The van der Waals surface area contributed by atoms with Crippen LogP contribution in [-0.4, -0.2) is 24.9 Å². The molecule has 0 saturated carbocycles. The minimum Gasteiger partial charge on any atom is -0.493 e. The molecule has 5 unspecified atom stereocenters. The SMILES string of the molecule is CC1OC(C)C(C(N)Cc2cc(Cl)cc3c2OCC3)C1C. The lowest BCUT2D eigenvalue weighted by molar-refractivity contribution is 0.0490. The second kappa shape index (κ2) is 5.79. The van der Waals surface area contributed by atoms with E-state index >= 15 is 0 Å². The Morgan fingerprint density at radius 2 is 2.05 bits per heavy atom. The highest BCUT2D eigenvalue weighted by Gasteiger charge is 2.40. The molecule has 4 heteroatoms. The van der Waals surface area contributed by atoms with E-state index in [0.29, 0.717) is 11.8 Å². The lowest BCUT2D eigenvalue weighted by Crippen LogP contribution is -2.39. The van der Waals surface area contributed by atoms with Crippen LogP contribution >= 0.6 is 11.6 Å². The van der Waals surface area contributed by atoms with E-state index in [1.165, 1.54) is 5.56 Å². The van der Waals surface area contributed by atoms with Gasteiger partial charge in [0.15, 0.2) is 0 Å². The molecule has 2 aliphatic heterocycles. The van der Waals surface area contributed by atoms with Crippen LogP contribution in [0.5, 0.6) is 5.75 Å². The van der Waals surface area contributed by atoms with Gasteiger partial charge in [0.2, 0.25) is 0 Å². The minimum atomic E-state index is 0.0618. The van der Waals surface area contributed by atoms with Crippen molar-refractivity contribution in [1.82, 2.24) is 0 Å². The summed E-state index contributed by atoms with van der Waals surface area (Å²) in [6.07, 6.45) is 2.21. The summed E-state index contributed by atoms with van der Waals surface area (Å²) < 4.78 is 11.7. The minimum absolute atomic E-state index is 0.0618. The largest absolute Gasteiger partial charge is 0.493 e. The molecule has 0 radical (unpaired) electrons. The smallest absolute Gasteiger partial charge is 0.125 e. The molecule has 3 rings (SSSR count). The molecule has 2 heterocycles. The molecule has 1 aromatic rings. The van der Waals surface area contributed by atoms with Crippen molar-refractivity contribution in [2.45, 2.75) is 51.9 Å². The normalized spacial score (nSPS) is 32.8. The summed E-state index contributed by atoms with van der Waals surface area (Å²) >= 11 is 6.23. The van der Waals surface area contributed by atoms with Gasteiger partial charge in [-0.3, -0.25) is 0 Å². The first-order valence-electron chi connectivity index (χ1n) is 7.82. The lowest BCUT2D eigenvalue weighted by atomic mass is 9.81. The van der Waals surface area contributed by atoms with Gasteiger partial charge >= 0.3 is 0 Å². The molecule has 0 amide bonds. The number of hydrogen-bond donors (Lipinski definition) is 1. The first-order chi connectivity index (χ1) is 9.97. The van der Waals surface area contributed by atoms with Crippen molar-refractivity contribution in [2.75, 3.05) is 6.61 Å². The zero-order chi connectivity index (χ0) is 15.1. The maximum absolute atomic E-state index is 6.52. The number of ether oxygens (including phenoxy) is 2. The Labute approximate surface area is 131 Å². The molecular formula is C17H24ClNO2. The van der Waals surface area contributed by atoms with Crippen LogP contribution in [0.15, 0.2) is 12.1 Å². The highest BCUT2D eigenvalue weighted by atomic mass is 35.5. The van der Waals surface area contributed by atoms with Crippen molar-refractivity contribution in [1.29, 1.82) is 0 Å². The fraction of sp³-hybridized carbons (Fsp3) is 0.647. The summed E-state index contributed by atoms with van der Waals surface area (Å²) in [7, 11) is 0. The van der Waals surface area contributed by atoms with Crippen molar-refractivity contribution >= 4 is 11.6 Å². The predicted octanol–water partition coefficient (Wildman–Crippen LogP) is 3.20. The van der Waals surface area contributed by atoms with Crippen molar-refractivity contribution in [3.05, 3.63) is 28.3 Å². The number of nitrogens with two attached hydrogens (primary N) is 1. The van der Waals surface area contributed by atoms with Crippen molar-refractivity contribution in [3.8, 4) is 5.75 Å². The summed E-state index contributed by atoms with van der Waals surface area (Å²) in [4.78, 5) is 0. The molecule has 1 aromatic carbocycles. The average molecular weight is 310 g/mol. The molecular weight excluding hydrogens is 286 g/mol. The second-order valence-corrected chi connectivity index (χ2v) is 6.94. The van der Waals surface area contributed by atoms with Gasteiger partial charge in [-0.25, -0.2) is 0 Å². The standard InChI is InChI=1S/C17H24ClNO2/c1-9-10(2)21-11(3)16(9)15(19)8-13-7-14(18)6-12-4-5-20-17(12)13/h6-7,9-11,15-16H,4-5,8,19H2,1-3H3. The van der Waals surface area contributed by atoms with Crippen molar-refractivity contribution in [3.63, 3.8) is 0 Å². The average Bonchev–Trinajstić information content (AvgIpc) is 2.95. The topological polar surface area (TPSA) is 44.5 Å². The molecule has 1 saturated heterocycles. The maximum atomic E-state index is 6.52. The van der Waals surface area contributed by atoms with Gasteiger partial charge in [-0.05, 0) is 49.4 Å². The van der Waals surface area contributed by atoms with Gasteiger partial charge in [0.05, 0.1) is 18.8 Å². The highest BCUT2D eigenvalue weighted by molar-refractivity contribution is 6.30. The number of halogens is 1. The molecule has 1 fully saturated rings. The van der Waals surface area contributed by atoms with Gasteiger partial charge in [0.25, 0.3) is 0 Å².